The molecule has 0 atom stereocenters. The first-order valence-electron chi connectivity index (χ1n) is 6.43. The standard InChI is InChI=1S/C15H18ClNO/c16-14-8-4-7-13(9-14)10-15(18)17-11-12-5-2-1-3-6-12/h4-5,7-9H,1-3,6,10-11H2,(H,17,18). The number of carbonyl (C=O) groups excluding carboxylic acids is 1. The van der Waals surface area contributed by atoms with Gasteiger partial charge in [-0.05, 0) is 43.4 Å². The number of benzene rings is 1. The van der Waals surface area contributed by atoms with Crippen LogP contribution in [0.5, 0.6) is 0 Å². The van der Waals surface area contributed by atoms with Crippen molar-refractivity contribution < 1.29 is 4.79 Å². The van der Waals surface area contributed by atoms with Crippen LogP contribution in [0.3, 0.4) is 0 Å². The molecule has 1 aromatic carbocycles. The molecule has 0 saturated heterocycles. The van der Waals surface area contributed by atoms with Gasteiger partial charge in [0.05, 0.1) is 6.42 Å². The predicted molar refractivity (Wildman–Crippen MR) is 74.7 cm³/mol. The SMILES string of the molecule is O=C(Cc1cccc(Cl)c1)NCC1=CCCCC1. The van der Waals surface area contributed by atoms with Crippen LogP contribution in [0, 0.1) is 0 Å². The summed E-state index contributed by atoms with van der Waals surface area (Å²) in [6.45, 7) is 0.694. The second kappa shape index (κ2) is 6.60. The van der Waals surface area contributed by atoms with E-state index < -0.39 is 0 Å². The van der Waals surface area contributed by atoms with E-state index in [1.165, 1.54) is 18.4 Å². The molecule has 0 bridgehead atoms. The first kappa shape index (κ1) is 13.2. The van der Waals surface area contributed by atoms with Crippen molar-refractivity contribution in [1.29, 1.82) is 0 Å². The summed E-state index contributed by atoms with van der Waals surface area (Å²) < 4.78 is 0. The molecule has 0 saturated carbocycles. The van der Waals surface area contributed by atoms with E-state index in [2.05, 4.69) is 11.4 Å². The van der Waals surface area contributed by atoms with Gasteiger partial charge in [0.2, 0.25) is 5.91 Å². The highest BCUT2D eigenvalue weighted by Gasteiger charge is 2.07. The topological polar surface area (TPSA) is 29.1 Å². The second-order valence-corrected chi connectivity index (χ2v) is 5.13. The molecular formula is C15H18ClNO. The van der Waals surface area contributed by atoms with Crippen LogP contribution >= 0.6 is 11.6 Å². The van der Waals surface area contributed by atoms with Gasteiger partial charge in [-0.3, -0.25) is 4.79 Å². The smallest absolute Gasteiger partial charge is 0.224 e. The fourth-order valence-corrected chi connectivity index (χ4v) is 2.39. The van der Waals surface area contributed by atoms with Crippen LogP contribution in [-0.2, 0) is 11.2 Å². The van der Waals surface area contributed by atoms with E-state index in [9.17, 15) is 4.79 Å². The summed E-state index contributed by atoms with van der Waals surface area (Å²) in [7, 11) is 0. The minimum atomic E-state index is 0.0590. The zero-order valence-electron chi connectivity index (χ0n) is 10.4. The summed E-state index contributed by atoms with van der Waals surface area (Å²) >= 11 is 5.89. The molecule has 0 fully saturated rings. The van der Waals surface area contributed by atoms with Gasteiger partial charge in [-0.2, -0.15) is 0 Å². The number of carbonyl (C=O) groups is 1. The molecule has 0 aliphatic heterocycles. The summed E-state index contributed by atoms with van der Waals surface area (Å²) in [4.78, 5) is 11.8. The summed E-state index contributed by atoms with van der Waals surface area (Å²) in [6, 6.07) is 7.44. The Bertz CT molecular complexity index is 454. The van der Waals surface area contributed by atoms with E-state index in [1.807, 2.05) is 24.3 Å². The summed E-state index contributed by atoms with van der Waals surface area (Å²) in [5.74, 6) is 0.0590. The minimum Gasteiger partial charge on any atom is -0.352 e. The first-order valence-corrected chi connectivity index (χ1v) is 6.81. The van der Waals surface area contributed by atoms with Crippen molar-refractivity contribution >= 4 is 17.5 Å². The molecule has 2 rings (SSSR count). The van der Waals surface area contributed by atoms with Crippen molar-refractivity contribution in [2.75, 3.05) is 6.54 Å². The molecule has 96 valence electrons. The molecule has 3 heteroatoms. The Labute approximate surface area is 113 Å². The maximum atomic E-state index is 11.8. The lowest BCUT2D eigenvalue weighted by molar-refractivity contribution is -0.120. The lowest BCUT2D eigenvalue weighted by Gasteiger charge is -2.13. The van der Waals surface area contributed by atoms with Gasteiger partial charge in [0, 0.05) is 11.6 Å². The van der Waals surface area contributed by atoms with Crippen molar-refractivity contribution in [3.05, 3.63) is 46.5 Å². The Balaban J connectivity index is 1.80. The summed E-state index contributed by atoms with van der Waals surface area (Å²) in [6.07, 6.45) is 7.45. The number of hydrogen-bond donors (Lipinski definition) is 1. The zero-order chi connectivity index (χ0) is 12.8. The minimum absolute atomic E-state index is 0.0590. The lowest BCUT2D eigenvalue weighted by atomic mass is 9.99. The molecule has 18 heavy (non-hydrogen) atoms. The molecule has 0 unspecified atom stereocenters. The van der Waals surface area contributed by atoms with E-state index in [4.69, 9.17) is 11.6 Å². The monoisotopic (exact) mass is 263 g/mol. The van der Waals surface area contributed by atoms with E-state index in [1.54, 1.807) is 0 Å². The third-order valence-electron chi connectivity index (χ3n) is 3.15. The molecule has 1 amide bonds. The van der Waals surface area contributed by atoms with E-state index in [0.29, 0.717) is 18.0 Å². The molecule has 2 nitrogen and oxygen atoms in total. The van der Waals surface area contributed by atoms with Crippen LogP contribution in [0.25, 0.3) is 0 Å². The quantitative estimate of drug-likeness (QED) is 0.828. The Kier molecular flexibility index (Phi) is 4.82. The van der Waals surface area contributed by atoms with Crippen molar-refractivity contribution in [3.8, 4) is 0 Å². The number of rotatable bonds is 4. The summed E-state index contributed by atoms with van der Waals surface area (Å²) in [5, 5.41) is 3.65. The second-order valence-electron chi connectivity index (χ2n) is 4.69. The van der Waals surface area contributed by atoms with Gasteiger partial charge in [-0.1, -0.05) is 35.4 Å². The van der Waals surface area contributed by atoms with Gasteiger partial charge >= 0.3 is 0 Å². The Morgan fingerprint density at radius 2 is 2.22 bits per heavy atom. The number of hydrogen-bond acceptors (Lipinski definition) is 1. The van der Waals surface area contributed by atoms with Crippen LogP contribution in [0.2, 0.25) is 5.02 Å². The molecule has 0 heterocycles. The highest BCUT2D eigenvalue weighted by molar-refractivity contribution is 6.30. The Morgan fingerprint density at radius 3 is 2.94 bits per heavy atom. The molecular weight excluding hydrogens is 246 g/mol. The van der Waals surface area contributed by atoms with Crippen molar-refractivity contribution in [2.45, 2.75) is 32.1 Å². The average Bonchev–Trinajstić information content (AvgIpc) is 2.38. The normalized spacial score (nSPS) is 15.1. The Hall–Kier alpha value is -1.28. The number of nitrogens with one attached hydrogen (secondary N) is 1. The van der Waals surface area contributed by atoms with Crippen LogP contribution < -0.4 is 5.32 Å². The maximum Gasteiger partial charge on any atom is 0.224 e. The van der Waals surface area contributed by atoms with E-state index >= 15 is 0 Å². The fourth-order valence-electron chi connectivity index (χ4n) is 2.17. The highest BCUT2D eigenvalue weighted by Crippen LogP contribution is 2.16. The molecule has 1 aliphatic carbocycles. The van der Waals surface area contributed by atoms with E-state index in [0.717, 1.165) is 18.4 Å². The first-order chi connectivity index (χ1) is 8.74. The third kappa shape index (κ3) is 4.19. The van der Waals surface area contributed by atoms with Crippen LogP contribution in [0.1, 0.15) is 31.2 Å². The lowest BCUT2D eigenvalue weighted by Crippen LogP contribution is -2.27. The van der Waals surface area contributed by atoms with Crippen LogP contribution in [0.15, 0.2) is 35.9 Å². The van der Waals surface area contributed by atoms with Gasteiger partial charge < -0.3 is 5.32 Å². The fraction of sp³-hybridized carbons (Fsp3) is 0.400. The molecule has 1 N–H and O–H groups in total. The third-order valence-corrected chi connectivity index (χ3v) is 3.39. The predicted octanol–water partition coefficient (Wildman–Crippen LogP) is 3.50. The Morgan fingerprint density at radius 1 is 1.33 bits per heavy atom. The highest BCUT2D eigenvalue weighted by atomic mass is 35.5. The van der Waals surface area contributed by atoms with Crippen LogP contribution in [0.4, 0.5) is 0 Å². The van der Waals surface area contributed by atoms with Crippen molar-refractivity contribution in [1.82, 2.24) is 5.32 Å². The average molecular weight is 264 g/mol. The van der Waals surface area contributed by atoms with Gasteiger partial charge in [-0.25, -0.2) is 0 Å². The largest absolute Gasteiger partial charge is 0.352 e. The molecule has 0 spiro atoms. The van der Waals surface area contributed by atoms with E-state index in [-0.39, 0.29) is 5.91 Å². The number of halogens is 1. The van der Waals surface area contributed by atoms with Crippen molar-refractivity contribution in [2.24, 2.45) is 0 Å². The van der Waals surface area contributed by atoms with Crippen molar-refractivity contribution in [3.63, 3.8) is 0 Å². The maximum absolute atomic E-state index is 11.8. The number of amides is 1. The molecule has 0 radical (unpaired) electrons. The molecule has 1 aromatic rings. The molecule has 1 aliphatic rings. The number of allylic oxidation sites excluding steroid dienone is 1. The zero-order valence-corrected chi connectivity index (χ0v) is 11.2. The van der Waals surface area contributed by atoms with Gasteiger partial charge in [0.1, 0.15) is 0 Å². The summed E-state index contributed by atoms with van der Waals surface area (Å²) in [5.41, 5.74) is 2.32. The van der Waals surface area contributed by atoms with Gasteiger partial charge in [0.15, 0.2) is 0 Å². The van der Waals surface area contributed by atoms with Gasteiger partial charge in [-0.15, -0.1) is 0 Å². The van der Waals surface area contributed by atoms with Crippen LogP contribution in [-0.4, -0.2) is 12.5 Å². The molecule has 0 aromatic heterocycles. The van der Waals surface area contributed by atoms with Gasteiger partial charge in [0.25, 0.3) is 0 Å².